The second-order valence-corrected chi connectivity index (χ2v) is 6.55. The molecule has 1 heterocycles. The smallest absolute Gasteiger partial charge is 0.0588 e. The fourth-order valence-corrected chi connectivity index (χ4v) is 3.56. The van der Waals surface area contributed by atoms with Gasteiger partial charge in [-0.1, -0.05) is 36.4 Å². The SMILES string of the molecule is OC[C@H](Cc1ccccc1)NC(c1cccs1)C1CC1. The summed E-state index contributed by atoms with van der Waals surface area (Å²) in [6.07, 6.45) is 3.49. The van der Waals surface area contributed by atoms with Crippen molar-refractivity contribution >= 4 is 11.3 Å². The highest BCUT2D eigenvalue weighted by molar-refractivity contribution is 7.10. The highest BCUT2D eigenvalue weighted by atomic mass is 32.1. The molecule has 20 heavy (non-hydrogen) atoms. The zero-order valence-electron chi connectivity index (χ0n) is 11.5. The van der Waals surface area contributed by atoms with E-state index in [2.05, 4.69) is 47.1 Å². The van der Waals surface area contributed by atoms with Crippen molar-refractivity contribution in [3.8, 4) is 0 Å². The fraction of sp³-hybridized carbons (Fsp3) is 0.412. The number of benzene rings is 1. The number of rotatable bonds is 7. The van der Waals surface area contributed by atoms with E-state index in [1.165, 1.54) is 23.3 Å². The molecular weight excluding hydrogens is 266 g/mol. The van der Waals surface area contributed by atoms with Crippen LogP contribution in [0.2, 0.25) is 0 Å². The highest BCUT2D eigenvalue weighted by Gasteiger charge is 2.34. The topological polar surface area (TPSA) is 32.3 Å². The van der Waals surface area contributed by atoms with E-state index >= 15 is 0 Å². The summed E-state index contributed by atoms with van der Waals surface area (Å²) in [5, 5.41) is 15.5. The van der Waals surface area contributed by atoms with Crippen LogP contribution in [0.1, 0.15) is 29.3 Å². The summed E-state index contributed by atoms with van der Waals surface area (Å²) in [7, 11) is 0. The van der Waals surface area contributed by atoms with Gasteiger partial charge in [0.1, 0.15) is 0 Å². The second-order valence-electron chi connectivity index (χ2n) is 5.57. The van der Waals surface area contributed by atoms with Gasteiger partial charge < -0.3 is 10.4 Å². The molecule has 1 aromatic heterocycles. The molecule has 3 rings (SSSR count). The van der Waals surface area contributed by atoms with Gasteiger partial charge in [-0.2, -0.15) is 0 Å². The lowest BCUT2D eigenvalue weighted by molar-refractivity contribution is 0.226. The molecule has 1 unspecified atom stereocenters. The average Bonchev–Trinajstić information content (AvgIpc) is 3.18. The van der Waals surface area contributed by atoms with E-state index in [0.717, 1.165) is 12.3 Å². The molecule has 1 saturated carbocycles. The second kappa shape index (κ2) is 6.53. The summed E-state index contributed by atoms with van der Waals surface area (Å²) in [6.45, 7) is 0.184. The molecule has 0 spiro atoms. The lowest BCUT2D eigenvalue weighted by Crippen LogP contribution is -2.38. The zero-order valence-corrected chi connectivity index (χ0v) is 12.4. The number of aliphatic hydroxyl groups excluding tert-OH is 1. The Bertz CT molecular complexity index is 507. The minimum Gasteiger partial charge on any atom is -0.395 e. The van der Waals surface area contributed by atoms with Crippen LogP contribution in [0.25, 0.3) is 0 Å². The van der Waals surface area contributed by atoms with E-state index in [1.54, 1.807) is 0 Å². The Labute approximate surface area is 124 Å². The summed E-state index contributed by atoms with van der Waals surface area (Å²) in [5.74, 6) is 0.749. The number of aliphatic hydroxyl groups is 1. The van der Waals surface area contributed by atoms with Crippen LogP contribution in [-0.2, 0) is 6.42 Å². The maximum Gasteiger partial charge on any atom is 0.0588 e. The third-order valence-electron chi connectivity index (χ3n) is 3.90. The van der Waals surface area contributed by atoms with Crippen LogP contribution in [0.3, 0.4) is 0 Å². The summed E-state index contributed by atoms with van der Waals surface area (Å²) in [5.41, 5.74) is 1.28. The Kier molecular flexibility index (Phi) is 4.51. The first kappa shape index (κ1) is 13.8. The van der Waals surface area contributed by atoms with Gasteiger partial charge in [-0.25, -0.2) is 0 Å². The third kappa shape index (κ3) is 3.48. The van der Waals surface area contributed by atoms with E-state index in [9.17, 15) is 5.11 Å². The van der Waals surface area contributed by atoms with Crippen LogP contribution in [0.15, 0.2) is 47.8 Å². The van der Waals surface area contributed by atoms with E-state index in [1.807, 2.05) is 17.4 Å². The van der Waals surface area contributed by atoms with E-state index < -0.39 is 0 Å². The van der Waals surface area contributed by atoms with Crippen molar-refractivity contribution in [2.24, 2.45) is 5.92 Å². The predicted octanol–water partition coefficient (Wildman–Crippen LogP) is 3.39. The number of nitrogens with one attached hydrogen (secondary N) is 1. The minimum absolute atomic E-state index is 0.130. The monoisotopic (exact) mass is 287 g/mol. The normalized spacial score (nSPS) is 17.9. The van der Waals surface area contributed by atoms with Crippen molar-refractivity contribution in [2.45, 2.75) is 31.3 Å². The highest BCUT2D eigenvalue weighted by Crippen LogP contribution is 2.42. The van der Waals surface area contributed by atoms with Gasteiger partial charge in [-0.05, 0) is 42.2 Å². The zero-order chi connectivity index (χ0) is 13.8. The first-order valence-corrected chi connectivity index (χ1v) is 8.19. The van der Waals surface area contributed by atoms with Crippen molar-refractivity contribution in [3.05, 3.63) is 58.3 Å². The van der Waals surface area contributed by atoms with Gasteiger partial charge in [0.25, 0.3) is 0 Å². The van der Waals surface area contributed by atoms with Gasteiger partial charge in [0, 0.05) is 17.0 Å². The number of thiophene rings is 1. The summed E-state index contributed by atoms with van der Waals surface area (Å²) in [4.78, 5) is 1.40. The Morgan fingerprint density at radius 1 is 1.15 bits per heavy atom. The van der Waals surface area contributed by atoms with Gasteiger partial charge in [-0.3, -0.25) is 0 Å². The molecule has 2 nitrogen and oxygen atoms in total. The predicted molar refractivity (Wildman–Crippen MR) is 83.9 cm³/mol. The summed E-state index contributed by atoms with van der Waals surface area (Å²) >= 11 is 1.81. The van der Waals surface area contributed by atoms with Crippen molar-refractivity contribution in [2.75, 3.05) is 6.61 Å². The van der Waals surface area contributed by atoms with E-state index in [0.29, 0.717) is 6.04 Å². The Morgan fingerprint density at radius 3 is 2.55 bits per heavy atom. The molecule has 0 amide bonds. The maximum absolute atomic E-state index is 9.68. The molecule has 2 N–H and O–H groups in total. The minimum atomic E-state index is 0.130. The van der Waals surface area contributed by atoms with Gasteiger partial charge in [0.2, 0.25) is 0 Å². The lowest BCUT2D eigenvalue weighted by atomic mass is 10.0. The molecule has 3 heteroatoms. The van der Waals surface area contributed by atoms with E-state index in [-0.39, 0.29) is 12.6 Å². The van der Waals surface area contributed by atoms with Gasteiger partial charge in [0.05, 0.1) is 6.61 Å². The molecule has 1 aliphatic carbocycles. The van der Waals surface area contributed by atoms with Crippen LogP contribution in [0, 0.1) is 5.92 Å². The van der Waals surface area contributed by atoms with Crippen molar-refractivity contribution in [3.63, 3.8) is 0 Å². The molecule has 2 aromatic rings. The molecule has 1 aromatic carbocycles. The maximum atomic E-state index is 9.68. The quantitative estimate of drug-likeness (QED) is 0.818. The molecule has 106 valence electrons. The number of hydrogen-bond acceptors (Lipinski definition) is 3. The molecule has 0 radical (unpaired) electrons. The fourth-order valence-electron chi connectivity index (χ4n) is 2.68. The largest absolute Gasteiger partial charge is 0.395 e. The van der Waals surface area contributed by atoms with Crippen LogP contribution in [0.5, 0.6) is 0 Å². The van der Waals surface area contributed by atoms with Crippen LogP contribution >= 0.6 is 11.3 Å². The van der Waals surface area contributed by atoms with Crippen LogP contribution in [-0.4, -0.2) is 17.8 Å². The Balaban J connectivity index is 1.66. The Hall–Kier alpha value is -1.16. The van der Waals surface area contributed by atoms with Crippen LogP contribution < -0.4 is 5.32 Å². The summed E-state index contributed by atoms with van der Waals surface area (Å²) in [6, 6.07) is 15.3. The van der Waals surface area contributed by atoms with Gasteiger partial charge >= 0.3 is 0 Å². The van der Waals surface area contributed by atoms with Crippen LogP contribution in [0.4, 0.5) is 0 Å². The molecule has 1 aliphatic rings. The van der Waals surface area contributed by atoms with Crippen molar-refractivity contribution in [1.82, 2.24) is 5.32 Å². The lowest BCUT2D eigenvalue weighted by Gasteiger charge is -2.24. The molecule has 0 saturated heterocycles. The van der Waals surface area contributed by atoms with Gasteiger partial charge in [0.15, 0.2) is 0 Å². The van der Waals surface area contributed by atoms with Crippen molar-refractivity contribution in [1.29, 1.82) is 0 Å². The van der Waals surface area contributed by atoms with Crippen molar-refractivity contribution < 1.29 is 5.11 Å². The standard InChI is InChI=1S/C17H21NOS/c19-12-15(11-13-5-2-1-3-6-13)18-17(14-8-9-14)16-7-4-10-20-16/h1-7,10,14-15,17-19H,8-9,11-12H2/t15-,17?/m0/s1. The first-order valence-electron chi connectivity index (χ1n) is 7.31. The molecule has 0 bridgehead atoms. The number of hydrogen-bond donors (Lipinski definition) is 2. The van der Waals surface area contributed by atoms with E-state index in [4.69, 9.17) is 0 Å². The molecule has 2 atom stereocenters. The van der Waals surface area contributed by atoms with Gasteiger partial charge in [-0.15, -0.1) is 11.3 Å². The first-order chi connectivity index (χ1) is 9.86. The summed E-state index contributed by atoms with van der Waals surface area (Å²) < 4.78 is 0. The average molecular weight is 287 g/mol. The molecule has 1 fully saturated rings. The molecule has 0 aliphatic heterocycles. The Morgan fingerprint density at radius 2 is 1.95 bits per heavy atom. The third-order valence-corrected chi connectivity index (χ3v) is 4.86. The molecular formula is C17H21NOS.